The van der Waals surface area contributed by atoms with Gasteiger partial charge in [-0.2, -0.15) is 5.26 Å². The number of carbonyl (C=O) groups excluding carboxylic acids is 1. The first-order valence-electron chi connectivity index (χ1n) is 6.38. The van der Waals surface area contributed by atoms with Gasteiger partial charge < -0.3 is 4.74 Å². The van der Waals surface area contributed by atoms with E-state index in [2.05, 4.69) is 6.07 Å². The Hall–Kier alpha value is -1.18. The lowest BCUT2D eigenvalue weighted by Gasteiger charge is -2.22. The summed E-state index contributed by atoms with van der Waals surface area (Å²) in [7, 11) is 0. The van der Waals surface area contributed by atoms with Gasteiger partial charge in [0.15, 0.2) is 5.78 Å². The molecule has 0 radical (unpaired) electrons. The predicted octanol–water partition coefficient (Wildman–Crippen LogP) is 3.27. The Morgan fingerprint density at radius 1 is 1.61 bits per heavy atom. The summed E-state index contributed by atoms with van der Waals surface area (Å²) < 4.78 is 5.60. The third-order valence-electron chi connectivity index (χ3n) is 3.27. The van der Waals surface area contributed by atoms with E-state index in [1.54, 1.807) is 0 Å². The molecular weight excluding hydrogens is 246 g/mol. The number of carbonyl (C=O) groups is 1. The lowest BCUT2D eigenvalue weighted by atomic mass is 9.96. The lowest BCUT2D eigenvalue weighted by molar-refractivity contribution is -0.120. The Kier molecular flexibility index (Phi) is 4.91. The highest BCUT2D eigenvalue weighted by Crippen LogP contribution is 2.24. The van der Waals surface area contributed by atoms with Gasteiger partial charge in [0.2, 0.25) is 0 Å². The van der Waals surface area contributed by atoms with Crippen LogP contribution < -0.4 is 0 Å². The average molecular weight is 263 g/mol. The van der Waals surface area contributed by atoms with E-state index >= 15 is 0 Å². The normalized spacial score (nSPS) is 21.2. The molecule has 1 aliphatic rings. The largest absolute Gasteiger partial charge is 0.378 e. The maximum Gasteiger partial charge on any atom is 0.155 e. The summed E-state index contributed by atoms with van der Waals surface area (Å²) in [5.74, 6) is -0.567. The quantitative estimate of drug-likeness (QED) is 0.819. The van der Waals surface area contributed by atoms with E-state index < -0.39 is 5.92 Å². The summed E-state index contributed by atoms with van der Waals surface area (Å²) in [6, 6.07) is 5.84. The number of hydrogen-bond donors (Lipinski definition) is 0. The van der Waals surface area contributed by atoms with Crippen molar-refractivity contribution in [1.82, 2.24) is 0 Å². The second kappa shape index (κ2) is 6.67. The van der Waals surface area contributed by atoms with Gasteiger partial charge in [0.05, 0.1) is 12.2 Å². The summed E-state index contributed by atoms with van der Waals surface area (Å²) in [6.07, 6.45) is 4.77. The van der Waals surface area contributed by atoms with Gasteiger partial charge in [0.1, 0.15) is 5.92 Å². The highest BCUT2D eigenvalue weighted by Gasteiger charge is 2.23. The molecule has 0 bridgehead atoms. The molecule has 0 saturated carbocycles. The summed E-state index contributed by atoms with van der Waals surface area (Å²) >= 11 is 1.47. The number of thiophene rings is 1. The van der Waals surface area contributed by atoms with Gasteiger partial charge in [-0.1, -0.05) is 6.07 Å². The zero-order chi connectivity index (χ0) is 12.8. The summed E-state index contributed by atoms with van der Waals surface area (Å²) in [4.78, 5) is 12.9. The molecule has 1 fully saturated rings. The van der Waals surface area contributed by atoms with E-state index in [-0.39, 0.29) is 11.9 Å². The molecule has 18 heavy (non-hydrogen) atoms. The van der Waals surface area contributed by atoms with Crippen molar-refractivity contribution in [3.05, 3.63) is 22.4 Å². The number of nitriles is 1. The molecular formula is C14H17NO2S. The lowest BCUT2D eigenvalue weighted by Crippen LogP contribution is -2.21. The van der Waals surface area contributed by atoms with E-state index in [4.69, 9.17) is 10.00 Å². The van der Waals surface area contributed by atoms with Gasteiger partial charge in [-0.15, -0.1) is 11.3 Å². The fourth-order valence-corrected chi connectivity index (χ4v) is 3.02. The van der Waals surface area contributed by atoms with Crippen LogP contribution in [0.2, 0.25) is 0 Å². The van der Waals surface area contributed by atoms with Crippen LogP contribution in [0, 0.1) is 11.3 Å². The number of ether oxygens (including phenoxy) is 1. The summed E-state index contributed by atoms with van der Waals surface area (Å²) in [5, 5.41) is 11.0. The molecule has 1 aliphatic heterocycles. The van der Waals surface area contributed by atoms with Crippen molar-refractivity contribution in [1.29, 1.82) is 5.26 Å². The zero-order valence-electron chi connectivity index (χ0n) is 10.3. The minimum absolute atomic E-state index is 0.0223. The van der Waals surface area contributed by atoms with Gasteiger partial charge in [-0.05, 0) is 37.1 Å². The van der Waals surface area contributed by atoms with Crippen LogP contribution in [0.4, 0.5) is 0 Å². The van der Waals surface area contributed by atoms with E-state index in [0.717, 1.165) is 30.7 Å². The maximum atomic E-state index is 12.0. The van der Waals surface area contributed by atoms with Crippen LogP contribution in [0.1, 0.15) is 42.9 Å². The van der Waals surface area contributed by atoms with Crippen LogP contribution in [-0.4, -0.2) is 18.5 Å². The van der Waals surface area contributed by atoms with Gasteiger partial charge >= 0.3 is 0 Å². The fourth-order valence-electron chi connectivity index (χ4n) is 2.23. The molecule has 2 heterocycles. The van der Waals surface area contributed by atoms with Gasteiger partial charge in [-0.3, -0.25) is 4.79 Å². The first-order chi connectivity index (χ1) is 8.81. The Morgan fingerprint density at radius 3 is 3.11 bits per heavy atom. The molecule has 1 saturated heterocycles. The van der Waals surface area contributed by atoms with Crippen LogP contribution in [0.5, 0.6) is 0 Å². The highest BCUT2D eigenvalue weighted by molar-refractivity contribution is 7.10. The maximum absolute atomic E-state index is 12.0. The number of ketones is 1. The molecule has 1 aromatic rings. The number of rotatable bonds is 5. The first kappa shape index (κ1) is 13.3. The third-order valence-corrected chi connectivity index (χ3v) is 4.20. The van der Waals surface area contributed by atoms with Crippen LogP contribution in [-0.2, 0) is 9.53 Å². The van der Waals surface area contributed by atoms with Crippen molar-refractivity contribution in [2.45, 2.75) is 44.1 Å². The minimum Gasteiger partial charge on any atom is -0.378 e. The molecule has 2 rings (SSSR count). The molecule has 0 amide bonds. The Bertz CT molecular complexity index is 416. The Morgan fingerprint density at radius 2 is 2.50 bits per heavy atom. The minimum atomic E-state index is -0.589. The number of hydrogen-bond acceptors (Lipinski definition) is 4. The van der Waals surface area contributed by atoms with Crippen molar-refractivity contribution in [2.24, 2.45) is 0 Å². The van der Waals surface area contributed by atoms with Gasteiger partial charge in [-0.25, -0.2) is 0 Å². The zero-order valence-corrected chi connectivity index (χ0v) is 11.1. The van der Waals surface area contributed by atoms with E-state index in [1.807, 2.05) is 17.5 Å². The molecule has 0 spiro atoms. The van der Waals surface area contributed by atoms with Crippen molar-refractivity contribution in [3.8, 4) is 6.07 Å². The molecule has 0 aromatic carbocycles. The van der Waals surface area contributed by atoms with Crippen LogP contribution in [0.3, 0.4) is 0 Å². The molecule has 2 atom stereocenters. The van der Waals surface area contributed by atoms with E-state index in [9.17, 15) is 4.79 Å². The topological polar surface area (TPSA) is 50.1 Å². The monoisotopic (exact) mass is 263 g/mol. The fraction of sp³-hybridized carbons (Fsp3) is 0.571. The van der Waals surface area contributed by atoms with Crippen LogP contribution in [0.15, 0.2) is 17.5 Å². The SMILES string of the molecule is N#CC(C(=O)CCC1CCCCO1)c1cccs1. The standard InChI is InChI=1S/C14H17NO2S/c15-10-12(14-5-3-9-18-14)13(16)7-6-11-4-1-2-8-17-11/h3,5,9,11-12H,1-2,4,6-8H2. The van der Waals surface area contributed by atoms with E-state index in [1.165, 1.54) is 17.8 Å². The second-order valence-corrected chi connectivity index (χ2v) is 5.55. The third kappa shape index (κ3) is 3.41. The molecule has 0 N–H and O–H groups in total. The summed E-state index contributed by atoms with van der Waals surface area (Å²) in [5.41, 5.74) is 0. The average Bonchev–Trinajstić information content (AvgIpc) is 2.92. The summed E-state index contributed by atoms with van der Waals surface area (Å²) in [6.45, 7) is 0.811. The molecule has 4 heteroatoms. The Labute approximate surface area is 111 Å². The van der Waals surface area contributed by atoms with E-state index in [0.29, 0.717) is 6.42 Å². The van der Waals surface area contributed by atoms with Crippen LogP contribution in [0.25, 0.3) is 0 Å². The van der Waals surface area contributed by atoms with Gasteiger partial charge in [0, 0.05) is 17.9 Å². The van der Waals surface area contributed by atoms with Crippen molar-refractivity contribution in [3.63, 3.8) is 0 Å². The van der Waals surface area contributed by atoms with Crippen molar-refractivity contribution in [2.75, 3.05) is 6.61 Å². The molecule has 3 nitrogen and oxygen atoms in total. The number of nitrogens with zero attached hydrogens (tertiary/aromatic N) is 1. The molecule has 0 aliphatic carbocycles. The highest BCUT2D eigenvalue weighted by atomic mass is 32.1. The van der Waals surface area contributed by atoms with Crippen molar-refractivity contribution >= 4 is 17.1 Å². The molecule has 2 unspecified atom stereocenters. The first-order valence-corrected chi connectivity index (χ1v) is 7.26. The van der Waals surface area contributed by atoms with Crippen molar-refractivity contribution < 1.29 is 9.53 Å². The molecule has 96 valence electrons. The predicted molar refractivity (Wildman–Crippen MR) is 70.5 cm³/mol. The smallest absolute Gasteiger partial charge is 0.155 e. The molecule has 1 aromatic heterocycles. The van der Waals surface area contributed by atoms with Crippen LogP contribution >= 0.6 is 11.3 Å². The number of Topliss-reactive ketones (excluding diaryl/α,β-unsaturated/α-hetero) is 1. The Balaban J connectivity index is 1.85. The van der Waals surface area contributed by atoms with Gasteiger partial charge in [0.25, 0.3) is 0 Å². The second-order valence-electron chi connectivity index (χ2n) is 4.57.